The quantitative estimate of drug-likeness (QED) is 0.613. The highest BCUT2D eigenvalue weighted by molar-refractivity contribution is 7.88. The zero-order chi connectivity index (χ0) is 24.0. The van der Waals surface area contributed by atoms with Crippen molar-refractivity contribution >= 4 is 33.6 Å². The monoisotopic (exact) mass is 474 g/mol. The number of ether oxygens (including phenoxy) is 2. The lowest BCUT2D eigenvalue weighted by molar-refractivity contribution is 0.0598. The fourth-order valence-corrected chi connectivity index (χ4v) is 5.18. The minimum Gasteiger partial charge on any atom is -0.465 e. The summed E-state index contributed by atoms with van der Waals surface area (Å²) >= 11 is 0. The van der Waals surface area contributed by atoms with Gasteiger partial charge in [-0.15, -0.1) is 0 Å². The first kappa shape index (κ1) is 24.4. The summed E-state index contributed by atoms with van der Waals surface area (Å²) in [6, 6.07) is 10.3. The summed E-state index contributed by atoms with van der Waals surface area (Å²) in [5.74, 6) is -1.96. The Kier molecular flexibility index (Phi) is 7.83. The Balaban J connectivity index is 1.74. The highest BCUT2D eigenvalue weighted by Crippen LogP contribution is 2.20. The molecular formula is C23H26N2O7S. The maximum atomic E-state index is 12.7. The molecule has 1 aliphatic heterocycles. The fourth-order valence-electron chi connectivity index (χ4n) is 3.57. The lowest BCUT2D eigenvalue weighted by Gasteiger charge is -2.25. The van der Waals surface area contributed by atoms with Gasteiger partial charge in [0.15, 0.2) is 0 Å². The zero-order valence-corrected chi connectivity index (χ0v) is 19.3. The number of hydrogen-bond donors (Lipinski definition) is 1. The third-order valence-electron chi connectivity index (χ3n) is 5.31. The van der Waals surface area contributed by atoms with Crippen molar-refractivity contribution in [2.24, 2.45) is 0 Å². The van der Waals surface area contributed by atoms with E-state index in [4.69, 9.17) is 0 Å². The van der Waals surface area contributed by atoms with E-state index in [1.54, 1.807) is 12.1 Å². The van der Waals surface area contributed by atoms with E-state index in [9.17, 15) is 22.8 Å². The summed E-state index contributed by atoms with van der Waals surface area (Å²) in [5.41, 5.74) is 1.23. The van der Waals surface area contributed by atoms with Crippen LogP contribution in [-0.4, -0.2) is 57.9 Å². The van der Waals surface area contributed by atoms with Crippen molar-refractivity contribution in [1.82, 2.24) is 4.31 Å². The maximum absolute atomic E-state index is 12.7. The van der Waals surface area contributed by atoms with E-state index in [-0.39, 0.29) is 28.1 Å². The molecule has 3 rings (SSSR count). The standard InChI is InChI=1S/C23H26N2O7S/c1-31-22(27)18-12-19(23(28)32-2)14-20(13-18)24-21(26)17-8-6-16(7-9-17)15-33(29,30)25-10-4-3-5-11-25/h6-9,12-14H,3-5,10-11,15H2,1-2H3,(H,24,26). The molecule has 1 heterocycles. The highest BCUT2D eigenvalue weighted by Gasteiger charge is 2.24. The number of amides is 1. The number of anilines is 1. The first-order valence-corrected chi connectivity index (χ1v) is 12.0. The molecular weight excluding hydrogens is 448 g/mol. The van der Waals surface area contributed by atoms with Gasteiger partial charge in [-0.25, -0.2) is 22.3 Å². The SMILES string of the molecule is COC(=O)c1cc(NC(=O)c2ccc(CS(=O)(=O)N3CCCCC3)cc2)cc(C(=O)OC)c1. The van der Waals surface area contributed by atoms with Crippen LogP contribution in [-0.2, 0) is 25.2 Å². The second-order valence-corrected chi connectivity index (χ2v) is 9.62. The molecule has 0 spiro atoms. The Morgan fingerprint density at radius 1 is 0.848 bits per heavy atom. The third kappa shape index (κ3) is 6.17. The first-order chi connectivity index (χ1) is 15.7. The molecule has 1 saturated heterocycles. The van der Waals surface area contributed by atoms with Crippen LogP contribution in [0.2, 0.25) is 0 Å². The van der Waals surface area contributed by atoms with Crippen LogP contribution in [0.3, 0.4) is 0 Å². The molecule has 176 valence electrons. The van der Waals surface area contributed by atoms with E-state index in [0.717, 1.165) is 19.3 Å². The first-order valence-electron chi connectivity index (χ1n) is 10.4. The molecule has 1 aliphatic rings. The second kappa shape index (κ2) is 10.6. The van der Waals surface area contributed by atoms with E-state index in [0.29, 0.717) is 18.7 Å². The molecule has 1 amide bonds. The summed E-state index contributed by atoms with van der Waals surface area (Å²) in [7, 11) is -0.990. The summed E-state index contributed by atoms with van der Waals surface area (Å²) in [6.45, 7) is 1.09. The predicted octanol–water partition coefficient (Wildman–Crippen LogP) is 2.83. The number of rotatable bonds is 7. The number of methoxy groups -OCH3 is 2. The van der Waals surface area contributed by atoms with Gasteiger partial charge in [-0.1, -0.05) is 18.6 Å². The molecule has 0 unspecified atom stereocenters. The number of esters is 2. The smallest absolute Gasteiger partial charge is 0.337 e. The summed E-state index contributed by atoms with van der Waals surface area (Å²) in [6.07, 6.45) is 2.78. The Morgan fingerprint density at radius 3 is 1.91 bits per heavy atom. The molecule has 1 N–H and O–H groups in total. The van der Waals surface area contributed by atoms with Gasteiger partial charge in [-0.05, 0) is 48.7 Å². The van der Waals surface area contributed by atoms with E-state index in [1.807, 2.05) is 0 Å². The number of benzene rings is 2. The van der Waals surface area contributed by atoms with Gasteiger partial charge in [0.2, 0.25) is 10.0 Å². The van der Waals surface area contributed by atoms with Gasteiger partial charge in [0.05, 0.1) is 31.1 Å². The maximum Gasteiger partial charge on any atom is 0.337 e. The van der Waals surface area contributed by atoms with Crippen molar-refractivity contribution in [2.75, 3.05) is 32.6 Å². The van der Waals surface area contributed by atoms with Crippen molar-refractivity contribution in [3.63, 3.8) is 0 Å². The Hall–Kier alpha value is -3.24. The molecule has 9 nitrogen and oxygen atoms in total. The lowest BCUT2D eigenvalue weighted by atomic mass is 10.1. The number of hydrogen-bond acceptors (Lipinski definition) is 7. The van der Waals surface area contributed by atoms with Crippen molar-refractivity contribution in [3.8, 4) is 0 Å². The van der Waals surface area contributed by atoms with Crippen LogP contribution in [0.5, 0.6) is 0 Å². The zero-order valence-electron chi connectivity index (χ0n) is 18.5. The predicted molar refractivity (Wildman–Crippen MR) is 122 cm³/mol. The molecule has 1 fully saturated rings. The Morgan fingerprint density at radius 2 is 1.39 bits per heavy atom. The van der Waals surface area contributed by atoms with Crippen LogP contribution in [0, 0.1) is 0 Å². The molecule has 2 aromatic carbocycles. The van der Waals surface area contributed by atoms with Crippen LogP contribution < -0.4 is 5.32 Å². The normalized spacial score (nSPS) is 14.4. The Bertz CT molecular complexity index is 1100. The summed E-state index contributed by atoms with van der Waals surface area (Å²) < 4.78 is 36.1. The number of carbonyl (C=O) groups excluding carboxylic acids is 3. The molecule has 0 aliphatic carbocycles. The minimum absolute atomic E-state index is 0.0777. The average molecular weight is 475 g/mol. The van der Waals surface area contributed by atoms with E-state index in [2.05, 4.69) is 14.8 Å². The van der Waals surface area contributed by atoms with Gasteiger partial charge >= 0.3 is 11.9 Å². The minimum atomic E-state index is -3.40. The average Bonchev–Trinajstić information content (AvgIpc) is 2.83. The fraction of sp³-hybridized carbons (Fsp3) is 0.348. The van der Waals surface area contributed by atoms with E-state index < -0.39 is 27.9 Å². The van der Waals surface area contributed by atoms with Crippen LogP contribution in [0.15, 0.2) is 42.5 Å². The highest BCUT2D eigenvalue weighted by atomic mass is 32.2. The molecule has 2 aromatic rings. The summed E-state index contributed by atoms with van der Waals surface area (Å²) in [5, 5.41) is 2.64. The third-order valence-corrected chi connectivity index (χ3v) is 7.16. The van der Waals surface area contributed by atoms with E-state index >= 15 is 0 Å². The van der Waals surface area contributed by atoms with E-state index in [1.165, 1.54) is 48.9 Å². The molecule has 0 bridgehead atoms. The van der Waals surface area contributed by atoms with Crippen LogP contribution in [0.1, 0.15) is 55.9 Å². The van der Waals surface area contributed by atoms with Crippen molar-refractivity contribution < 1.29 is 32.3 Å². The van der Waals surface area contributed by atoms with Gasteiger partial charge in [0.1, 0.15) is 0 Å². The van der Waals surface area contributed by atoms with Crippen LogP contribution in [0.25, 0.3) is 0 Å². The number of piperidine rings is 1. The molecule has 10 heteroatoms. The Labute approximate surface area is 192 Å². The van der Waals surface area contributed by atoms with Gasteiger partial charge in [-0.2, -0.15) is 0 Å². The van der Waals surface area contributed by atoms with Crippen LogP contribution >= 0.6 is 0 Å². The second-order valence-electron chi connectivity index (χ2n) is 7.65. The topological polar surface area (TPSA) is 119 Å². The van der Waals surface area contributed by atoms with Crippen LogP contribution in [0.4, 0.5) is 5.69 Å². The van der Waals surface area contributed by atoms with Gasteiger partial charge in [0, 0.05) is 24.3 Å². The molecule has 0 saturated carbocycles. The molecule has 33 heavy (non-hydrogen) atoms. The van der Waals surface area contributed by atoms with Gasteiger partial charge < -0.3 is 14.8 Å². The van der Waals surface area contributed by atoms with Crippen molar-refractivity contribution in [2.45, 2.75) is 25.0 Å². The molecule has 0 aromatic heterocycles. The largest absolute Gasteiger partial charge is 0.465 e. The van der Waals surface area contributed by atoms with Gasteiger partial charge in [0.25, 0.3) is 5.91 Å². The van der Waals surface area contributed by atoms with Gasteiger partial charge in [-0.3, -0.25) is 4.79 Å². The number of carbonyl (C=O) groups is 3. The van der Waals surface area contributed by atoms with Crippen molar-refractivity contribution in [3.05, 3.63) is 64.7 Å². The lowest BCUT2D eigenvalue weighted by Crippen LogP contribution is -2.36. The number of sulfonamides is 1. The summed E-state index contributed by atoms with van der Waals surface area (Å²) in [4.78, 5) is 36.5. The molecule has 0 atom stereocenters. The number of nitrogens with one attached hydrogen (secondary N) is 1. The molecule has 0 radical (unpaired) electrons. The van der Waals surface area contributed by atoms with Crippen molar-refractivity contribution in [1.29, 1.82) is 0 Å². The number of nitrogens with zero attached hydrogens (tertiary/aromatic N) is 1.